The van der Waals surface area contributed by atoms with Gasteiger partial charge in [0.2, 0.25) is 0 Å². The van der Waals surface area contributed by atoms with E-state index >= 15 is 0 Å². The van der Waals surface area contributed by atoms with E-state index in [1.807, 2.05) is 0 Å². The molecule has 0 aromatic rings. The Morgan fingerprint density at radius 1 is 1.58 bits per heavy atom. The lowest BCUT2D eigenvalue weighted by Gasteiger charge is -2.08. The number of fused-ring (bicyclic) bond motifs is 1. The van der Waals surface area contributed by atoms with Crippen LogP contribution in [0.3, 0.4) is 0 Å². The number of carboxylic acid groups (broad SMARTS) is 1. The molecule has 2 N–H and O–H groups in total. The molecule has 0 aromatic carbocycles. The SMILES string of the molecule is O=C(O)CCC1[C@H]2CCCN[C@@H]12. The number of nitrogens with one attached hydrogen (secondary N) is 1. The third-order valence-electron chi connectivity index (χ3n) is 3.12. The number of hydrogen-bond donors (Lipinski definition) is 2. The van der Waals surface area contributed by atoms with Crippen LogP contribution < -0.4 is 5.32 Å². The Kier molecular flexibility index (Phi) is 2.05. The molecule has 0 bridgehead atoms. The van der Waals surface area contributed by atoms with Gasteiger partial charge in [-0.15, -0.1) is 0 Å². The van der Waals surface area contributed by atoms with Crippen LogP contribution in [0.5, 0.6) is 0 Å². The quantitative estimate of drug-likeness (QED) is 0.658. The summed E-state index contributed by atoms with van der Waals surface area (Å²) in [6.45, 7) is 1.13. The predicted octanol–water partition coefficient (Wildman–Crippen LogP) is 0.849. The molecule has 1 aliphatic heterocycles. The van der Waals surface area contributed by atoms with Crippen LogP contribution in [0, 0.1) is 11.8 Å². The fourth-order valence-electron chi connectivity index (χ4n) is 2.43. The summed E-state index contributed by atoms with van der Waals surface area (Å²) >= 11 is 0. The van der Waals surface area contributed by atoms with Gasteiger partial charge in [0, 0.05) is 12.5 Å². The van der Waals surface area contributed by atoms with Gasteiger partial charge >= 0.3 is 5.97 Å². The molecule has 2 fully saturated rings. The van der Waals surface area contributed by atoms with Gasteiger partial charge in [0.15, 0.2) is 0 Å². The molecule has 0 aromatic heterocycles. The van der Waals surface area contributed by atoms with Gasteiger partial charge in [-0.05, 0) is 37.6 Å². The normalized spacial score (nSPS) is 38.8. The number of carboxylic acids is 1. The molecule has 1 unspecified atom stereocenters. The van der Waals surface area contributed by atoms with Gasteiger partial charge in [0.05, 0.1) is 0 Å². The summed E-state index contributed by atoms with van der Waals surface area (Å²) in [5, 5.41) is 11.9. The van der Waals surface area contributed by atoms with Crippen molar-refractivity contribution in [2.24, 2.45) is 11.8 Å². The highest BCUT2D eigenvalue weighted by atomic mass is 16.4. The summed E-state index contributed by atoms with van der Waals surface area (Å²) in [5.41, 5.74) is 0. The zero-order chi connectivity index (χ0) is 8.55. The monoisotopic (exact) mass is 169 g/mol. The van der Waals surface area contributed by atoms with Crippen LogP contribution in [0.25, 0.3) is 0 Å². The average molecular weight is 169 g/mol. The molecule has 2 aliphatic rings. The van der Waals surface area contributed by atoms with Crippen LogP contribution in [-0.2, 0) is 4.79 Å². The first kappa shape index (κ1) is 8.05. The van der Waals surface area contributed by atoms with Crippen LogP contribution in [0.1, 0.15) is 25.7 Å². The first-order valence-electron chi connectivity index (χ1n) is 4.74. The third kappa shape index (κ3) is 1.46. The Bertz CT molecular complexity index is 181. The number of hydrogen-bond acceptors (Lipinski definition) is 2. The molecule has 0 radical (unpaired) electrons. The molecule has 0 amide bonds. The van der Waals surface area contributed by atoms with Crippen molar-refractivity contribution in [3.63, 3.8) is 0 Å². The Morgan fingerprint density at radius 2 is 2.42 bits per heavy atom. The van der Waals surface area contributed by atoms with Gasteiger partial charge in [0.1, 0.15) is 0 Å². The van der Waals surface area contributed by atoms with Crippen molar-refractivity contribution in [2.45, 2.75) is 31.7 Å². The largest absolute Gasteiger partial charge is 0.481 e. The molecule has 3 nitrogen and oxygen atoms in total. The van der Waals surface area contributed by atoms with E-state index in [1.165, 1.54) is 12.8 Å². The van der Waals surface area contributed by atoms with Gasteiger partial charge in [-0.2, -0.15) is 0 Å². The topological polar surface area (TPSA) is 49.3 Å². The molecular formula is C9H15NO2. The van der Waals surface area contributed by atoms with Crippen molar-refractivity contribution < 1.29 is 9.90 Å². The predicted molar refractivity (Wildman–Crippen MR) is 44.9 cm³/mol. The number of piperidine rings is 1. The van der Waals surface area contributed by atoms with Gasteiger partial charge in [0.25, 0.3) is 0 Å². The Morgan fingerprint density at radius 3 is 3.00 bits per heavy atom. The standard InChI is InChI=1S/C9H15NO2/c11-8(12)4-3-7-6-2-1-5-10-9(6)7/h6-7,9-10H,1-5H2,(H,11,12)/t6-,7?,9-/m1/s1. The van der Waals surface area contributed by atoms with Crippen molar-refractivity contribution in [3.05, 3.63) is 0 Å². The lowest BCUT2D eigenvalue weighted by Crippen LogP contribution is -2.24. The first-order chi connectivity index (χ1) is 5.79. The van der Waals surface area contributed by atoms with E-state index in [4.69, 9.17) is 5.11 Å². The molecule has 68 valence electrons. The zero-order valence-electron chi connectivity index (χ0n) is 7.12. The van der Waals surface area contributed by atoms with Crippen LogP contribution in [0.2, 0.25) is 0 Å². The molecule has 1 saturated heterocycles. The van der Waals surface area contributed by atoms with Gasteiger partial charge in [-0.3, -0.25) is 4.79 Å². The summed E-state index contributed by atoms with van der Waals surface area (Å²) in [6, 6.07) is 0.665. The smallest absolute Gasteiger partial charge is 0.303 e. The molecule has 1 heterocycles. The molecule has 3 heteroatoms. The van der Waals surface area contributed by atoms with Gasteiger partial charge in [-0.1, -0.05) is 0 Å². The molecule has 1 saturated carbocycles. The summed E-state index contributed by atoms with van der Waals surface area (Å²) in [7, 11) is 0. The first-order valence-corrected chi connectivity index (χ1v) is 4.74. The Labute approximate surface area is 72.2 Å². The molecule has 1 aliphatic carbocycles. The van der Waals surface area contributed by atoms with Gasteiger partial charge in [-0.25, -0.2) is 0 Å². The second-order valence-electron chi connectivity index (χ2n) is 3.88. The minimum Gasteiger partial charge on any atom is -0.481 e. The fourth-order valence-corrected chi connectivity index (χ4v) is 2.43. The molecule has 3 atom stereocenters. The summed E-state index contributed by atoms with van der Waals surface area (Å²) < 4.78 is 0. The minimum absolute atomic E-state index is 0.347. The van der Waals surface area contributed by atoms with Crippen molar-refractivity contribution in [3.8, 4) is 0 Å². The van der Waals surface area contributed by atoms with Crippen LogP contribution >= 0.6 is 0 Å². The van der Waals surface area contributed by atoms with Crippen molar-refractivity contribution >= 4 is 5.97 Å². The van der Waals surface area contributed by atoms with E-state index < -0.39 is 5.97 Å². The summed E-state index contributed by atoms with van der Waals surface area (Å²) in [6.07, 6.45) is 3.80. The lowest BCUT2D eigenvalue weighted by atomic mass is 10.1. The molecule has 12 heavy (non-hydrogen) atoms. The van der Waals surface area contributed by atoms with Crippen molar-refractivity contribution in [1.82, 2.24) is 5.32 Å². The van der Waals surface area contributed by atoms with Crippen molar-refractivity contribution in [2.75, 3.05) is 6.54 Å². The second kappa shape index (κ2) is 3.05. The summed E-state index contributed by atoms with van der Waals surface area (Å²) in [4.78, 5) is 10.3. The molecule has 2 rings (SSSR count). The van der Waals surface area contributed by atoms with E-state index in [9.17, 15) is 4.79 Å². The molecule has 0 spiro atoms. The highest BCUT2D eigenvalue weighted by Crippen LogP contribution is 2.47. The second-order valence-corrected chi connectivity index (χ2v) is 3.88. The maximum absolute atomic E-state index is 10.3. The molecular weight excluding hydrogens is 154 g/mol. The highest BCUT2D eigenvalue weighted by Gasteiger charge is 2.50. The number of aliphatic carboxylic acids is 1. The van der Waals surface area contributed by atoms with E-state index in [1.54, 1.807) is 0 Å². The highest BCUT2D eigenvalue weighted by molar-refractivity contribution is 5.66. The van der Waals surface area contributed by atoms with Crippen molar-refractivity contribution in [1.29, 1.82) is 0 Å². The van der Waals surface area contributed by atoms with Crippen LogP contribution in [0.15, 0.2) is 0 Å². The average Bonchev–Trinajstić information content (AvgIpc) is 2.74. The fraction of sp³-hybridized carbons (Fsp3) is 0.889. The van der Waals surface area contributed by atoms with Crippen LogP contribution in [-0.4, -0.2) is 23.7 Å². The van der Waals surface area contributed by atoms with E-state index in [-0.39, 0.29) is 0 Å². The van der Waals surface area contributed by atoms with Gasteiger partial charge < -0.3 is 10.4 Å². The Hall–Kier alpha value is -0.570. The zero-order valence-corrected chi connectivity index (χ0v) is 7.12. The number of carbonyl (C=O) groups is 1. The van der Waals surface area contributed by atoms with Crippen LogP contribution in [0.4, 0.5) is 0 Å². The number of rotatable bonds is 3. The van der Waals surface area contributed by atoms with E-state index in [0.29, 0.717) is 18.4 Å². The third-order valence-corrected chi connectivity index (χ3v) is 3.12. The van der Waals surface area contributed by atoms with E-state index in [0.717, 1.165) is 18.9 Å². The minimum atomic E-state index is -0.654. The maximum Gasteiger partial charge on any atom is 0.303 e. The summed E-state index contributed by atoms with van der Waals surface area (Å²) in [5.74, 6) is 0.820. The maximum atomic E-state index is 10.3. The van der Waals surface area contributed by atoms with E-state index in [2.05, 4.69) is 5.32 Å². The lowest BCUT2D eigenvalue weighted by molar-refractivity contribution is -0.137. The Balaban J connectivity index is 1.74.